The number of aromatic nitrogens is 3. The Morgan fingerprint density at radius 3 is 2.93 bits per heavy atom. The van der Waals surface area contributed by atoms with Crippen LogP contribution in [0.3, 0.4) is 0 Å². The third-order valence-corrected chi connectivity index (χ3v) is 6.99. The number of fused-ring (bicyclic) bond motifs is 2. The van der Waals surface area contributed by atoms with Crippen LogP contribution in [0.25, 0.3) is 4.96 Å². The predicted molar refractivity (Wildman–Crippen MR) is 113 cm³/mol. The number of likely N-dealkylation sites (tertiary alicyclic amines) is 1. The maximum absolute atomic E-state index is 12.3. The quantitative estimate of drug-likeness (QED) is 0.696. The van der Waals surface area contributed by atoms with Crippen molar-refractivity contribution in [3.05, 3.63) is 58.1 Å². The van der Waals surface area contributed by atoms with Crippen LogP contribution in [0.4, 0.5) is 5.82 Å². The van der Waals surface area contributed by atoms with Gasteiger partial charge in [0.05, 0.1) is 17.8 Å². The lowest BCUT2D eigenvalue weighted by atomic mass is 9.77. The van der Waals surface area contributed by atoms with E-state index in [-0.39, 0.29) is 17.7 Å². The highest BCUT2D eigenvalue weighted by Gasteiger charge is 2.42. The van der Waals surface area contributed by atoms with Crippen molar-refractivity contribution in [2.24, 2.45) is 11.8 Å². The van der Waals surface area contributed by atoms with Crippen LogP contribution < -0.4 is 10.9 Å². The standard InChI is InChI=1S/C21H25N5O2S/c1-28-18-9-15-12-25(13-16-10-20(27)26-6-7-29-21(26)23-16)11-14(15)8-17(18)24-19-4-2-3-5-22-19/h2-7,10,14-15,17-18H,8-9,11-13H2,1H3,(H,22,24)/t14-,15+,17-,18-/m1/s1. The molecule has 0 radical (unpaired) electrons. The highest BCUT2D eigenvalue weighted by molar-refractivity contribution is 7.15. The van der Waals surface area contributed by atoms with Crippen LogP contribution in [0, 0.1) is 11.8 Å². The third-order valence-electron chi connectivity index (χ3n) is 6.24. The van der Waals surface area contributed by atoms with Crippen LogP contribution in [0.1, 0.15) is 18.5 Å². The van der Waals surface area contributed by atoms with Gasteiger partial charge < -0.3 is 10.1 Å². The monoisotopic (exact) mass is 411 g/mol. The molecule has 3 aromatic rings. The molecule has 152 valence electrons. The number of thiazole rings is 1. The Morgan fingerprint density at radius 2 is 2.14 bits per heavy atom. The summed E-state index contributed by atoms with van der Waals surface area (Å²) in [7, 11) is 1.80. The third kappa shape index (κ3) is 3.80. The second kappa shape index (κ2) is 7.85. The van der Waals surface area contributed by atoms with Crippen LogP contribution in [-0.2, 0) is 11.3 Å². The Balaban J connectivity index is 1.28. The Morgan fingerprint density at radius 1 is 1.28 bits per heavy atom. The van der Waals surface area contributed by atoms with Gasteiger partial charge in [-0.1, -0.05) is 6.07 Å². The Bertz CT molecular complexity index is 1040. The minimum absolute atomic E-state index is 0.00179. The van der Waals surface area contributed by atoms with Crippen molar-refractivity contribution in [2.75, 3.05) is 25.5 Å². The SMILES string of the molecule is CO[C@@H]1C[C@H]2CN(Cc3cc(=O)n4ccsc4n3)C[C@H]2C[C@H]1Nc1ccccn1. The van der Waals surface area contributed by atoms with Gasteiger partial charge in [-0.15, -0.1) is 11.3 Å². The molecule has 0 spiro atoms. The Hall–Kier alpha value is -2.29. The minimum Gasteiger partial charge on any atom is -0.379 e. The lowest BCUT2D eigenvalue weighted by Gasteiger charge is -2.37. The molecular weight excluding hydrogens is 386 g/mol. The minimum atomic E-state index is 0.00179. The molecule has 2 fully saturated rings. The van der Waals surface area contributed by atoms with E-state index >= 15 is 0 Å². The zero-order chi connectivity index (χ0) is 19.8. The summed E-state index contributed by atoms with van der Waals surface area (Å²) in [4.78, 5) is 24.6. The molecule has 1 aliphatic carbocycles. The van der Waals surface area contributed by atoms with E-state index in [9.17, 15) is 4.79 Å². The first-order chi connectivity index (χ1) is 14.2. The molecule has 3 aromatic heterocycles. The number of methoxy groups -OCH3 is 1. The van der Waals surface area contributed by atoms with Crippen molar-refractivity contribution in [3.8, 4) is 0 Å². The van der Waals surface area contributed by atoms with Gasteiger partial charge in [0, 0.05) is 50.6 Å². The summed E-state index contributed by atoms with van der Waals surface area (Å²) in [6, 6.07) is 7.87. The maximum atomic E-state index is 12.3. The number of ether oxygens (including phenoxy) is 1. The second-order valence-electron chi connectivity index (χ2n) is 8.07. The Labute approximate surface area is 173 Å². The smallest absolute Gasteiger partial charge is 0.258 e. The molecular formula is C21H25N5O2S. The van der Waals surface area contributed by atoms with Crippen LogP contribution >= 0.6 is 11.3 Å². The van der Waals surface area contributed by atoms with Crippen molar-refractivity contribution in [3.63, 3.8) is 0 Å². The van der Waals surface area contributed by atoms with Gasteiger partial charge in [0.25, 0.3) is 5.56 Å². The van der Waals surface area contributed by atoms with E-state index in [0.29, 0.717) is 11.8 Å². The van der Waals surface area contributed by atoms with Gasteiger partial charge in [0.15, 0.2) is 4.96 Å². The molecule has 29 heavy (non-hydrogen) atoms. The van der Waals surface area contributed by atoms with E-state index in [1.54, 1.807) is 23.8 Å². The van der Waals surface area contributed by atoms with E-state index in [4.69, 9.17) is 4.74 Å². The van der Waals surface area contributed by atoms with Gasteiger partial charge in [-0.05, 0) is 36.8 Å². The molecule has 7 nitrogen and oxygen atoms in total. The van der Waals surface area contributed by atoms with Gasteiger partial charge in [-0.25, -0.2) is 9.97 Å². The zero-order valence-electron chi connectivity index (χ0n) is 16.4. The van der Waals surface area contributed by atoms with E-state index in [1.807, 2.05) is 29.8 Å². The van der Waals surface area contributed by atoms with Crippen molar-refractivity contribution in [1.29, 1.82) is 0 Å². The molecule has 2 aliphatic rings. The number of nitrogens with zero attached hydrogens (tertiary/aromatic N) is 4. The molecule has 0 amide bonds. The van der Waals surface area contributed by atoms with Crippen molar-refractivity contribution in [2.45, 2.75) is 31.5 Å². The first kappa shape index (κ1) is 18.7. The molecule has 1 aliphatic heterocycles. The first-order valence-corrected chi connectivity index (χ1v) is 11.0. The fourth-order valence-corrected chi connectivity index (χ4v) is 5.63. The lowest BCUT2D eigenvalue weighted by Crippen LogP contribution is -2.44. The largest absolute Gasteiger partial charge is 0.379 e. The summed E-state index contributed by atoms with van der Waals surface area (Å²) in [6.45, 7) is 2.80. The average Bonchev–Trinajstić information content (AvgIpc) is 3.34. The molecule has 1 N–H and O–H groups in total. The highest BCUT2D eigenvalue weighted by atomic mass is 32.1. The molecule has 8 heteroatoms. The average molecular weight is 412 g/mol. The number of hydrogen-bond acceptors (Lipinski definition) is 7. The fourth-order valence-electron chi connectivity index (χ4n) is 4.89. The van der Waals surface area contributed by atoms with Crippen molar-refractivity contribution in [1.82, 2.24) is 19.3 Å². The van der Waals surface area contributed by atoms with Crippen LogP contribution in [-0.4, -0.2) is 51.6 Å². The van der Waals surface area contributed by atoms with Crippen LogP contribution in [0.5, 0.6) is 0 Å². The lowest BCUT2D eigenvalue weighted by molar-refractivity contribution is 0.0304. The summed E-state index contributed by atoms with van der Waals surface area (Å²) in [5, 5.41) is 5.47. The van der Waals surface area contributed by atoms with Gasteiger partial charge in [0.2, 0.25) is 0 Å². The topological polar surface area (TPSA) is 71.8 Å². The molecule has 0 bridgehead atoms. The molecule has 5 rings (SSSR count). The number of nitrogens with one attached hydrogen (secondary N) is 1. The first-order valence-electron chi connectivity index (χ1n) is 10.1. The predicted octanol–water partition coefficient (Wildman–Crippen LogP) is 2.49. The molecule has 1 saturated heterocycles. The van der Waals surface area contributed by atoms with Crippen molar-refractivity contribution < 1.29 is 4.74 Å². The van der Waals surface area contributed by atoms with Gasteiger partial charge in [-0.3, -0.25) is 14.1 Å². The summed E-state index contributed by atoms with van der Waals surface area (Å²) >= 11 is 1.50. The Kier molecular flexibility index (Phi) is 5.07. The fraction of sp³-hybridized carbons (Fsp3) is 0.476. The molecule has 4 heterocycles. The van der Waals surface area contributed by atoms with E-state index in [2.05, 4.69) is 20.2 Å². The summed E-state index contributed by atoms with van der Waals surface area (Å²) < 4.78 is 7.44. The molecule has 0 aromatic carbocycles. The molecule has 1 saturated carbocycles. The second-order valence-corrected chi connectivity index (χ2v) is 8.94. The number of hydrogen-bond donors (Lipinski definition) is 1. The van der Waals surface area contributed by atoms with Crippen molar-refractivity contribution >= 4 is 22.1 Å². The number of anilines is 1. The van der Waals surface area contributed by atoms with Crippen LogP contribution in [0.15, 0.2) is 46.8 Å². The number of pyridine rings is 1. The highest BCUT2D eigenvalue weighted by Crippen LogP contribution is 2.38. The molecule has 4 atom stereocenters. The summed E-state index contributed by atoms with van der Waals surface area (Å²) in [5.41, 5.74) is 0.865. The van der Waals surface area contributed by atoms with E-state index in [0.717, 1.165) is 48.9 Å². The van der Waals surface area contributed by atoms with Crippen LogP contribution in [0.2, 0.25) is 0 Å². The summed E-state index contributed by atoms with van der Waals surface area (Å²) in [5.74, 6) is 2.14. The van der Waals surface area contributed by atoms with Gasteiger partial charge in [0.1, 0.15) is 5.82 Å². The zero-order valence-corrected chi connectivity index (χ0v) is 17.2. The van der Waals surface area contributed by atoms with E-state index < -0.39 is 0 Å². The van der Waals surface area contributed by atoms with Gasteiger partial charge in [-0.2, -0.15) is 0 Å². The van der Waals surface area contributed by atoms with Gasteiger partial charge >= 0.3 is 0 Å². The molecule has 0 unspecified atom stereocenters. The maximum Gasteiger partial charge on any atom is 0.258 e. The number of rotatable bonds is 5. The van der Waals surface area contributed by atoms with E-state index in [1.165, 1.54) is 11.3 Å². The summed E-state index contributed by atoms with van der Waals surface area (Å²) in [6.07, 6.45) is 5.89. The normalized spacial score (nSPS) is 27.2.